The number of nitrogens with zero attached hydrogens (tertiary/aromatic N) is 3. The number of rotatable bonds is 3. The number of aromatic carboxylic acids is 1. The summed E-state index contributed by atoms with van der Waals surface area (Å²) < 4.78 is 1.44. The molecule has 0 unspecified atom stereocenters. The fourth-order valence-corrected chi connectivity index (χ4v) is 1.47. The van der Waals surface area contributed by atoms with Gasteiger partial charge in [-0.2, -0.15) is 0 Å². The zero-order valence-corrected chi connectivity index (χ0v) is 10.1. The predicted octanol–water partition coefficient (Wildman–Crippen LogP) is 2.10. The Hall–Kier alpha value is -1.59. The Morgan fingerprint density at radius 2 is 2.12 bits per heavy atom. The van der Waals surface area contributed by atoms with Crippen molar-refractivity contribution in [3.8, 4) is 0 Å². The highest BCUT2D eigenvalue weighted by Gasteiger charge is 2.08. The van der Waals surface area contributed by atoms with Crippen LogP contribution in [0.15, 0.2) is 30.5 Å². The van der Waals surface area contributed by atoms with Crippen molar-refractivity contribution >= 4 is 30.0 Å². The minimum atomic E-state index is -1.09. The van der Waals surface area contributed by atoms with Crippen molar-refractivity contribution < 1.29 is 9.90 Å². The lowest BCUT2D eigenvalue weighted by atomic mass is 10.2. The molecule has 0 amide bonds. The number of aromatic nitrogens is 3. The number of halogens is 2. The van der Waals surface area contributed by atoms with E-state index in [4.69, 9.17) is 16.7 Å². The van der Waals surface area contributed by atoms with Gasteiger partial charge >= 0.3 is 5.97 Å². The van der Waals surface area contributed by atoms with Crippen LogP contribution in [0.5, 0.6) is 0 Å². The molecule has 0 saturated carbocycles. The van der Waals surface area contributed by atoms with Gasteiger partial charge in [0.25, 0.3) is 0 Å². The van der Waals surface area contributed by atoms with Crippen LogP contribution in [0.25, 0.3) is 0 Å². The normalized spacial score (nSPS) is 9.71. The number of carboxylic acid groups (broad SMARTS) is 1. The van der Waals surface area contributed by atoms with Crippen molar-refractivity contribution in [3.05, 3.63) is 46.7 Å². The third-order valence-corrected chi connectivity index (χ3v) is 2.42. The topological polar surface area (TPSA) is 68.0 Å². The van der Waals surface area contributed by atoms with Crippen molar-refractivity contribution in [1.82, 2.24) is 15.0 Å². The Morgan fingerprint density at radius 3 is 2.71 bits per heavy atom. The van der Waals surface area contributed by atoms with Gasteiger partial charge in [0.2, 0.25) is 0 Å². The van der Waals surface area contributed by atoms with Crippen molar-refractivity contribution in [1.29, 1.82) is 0 Å². The third kappa shape index (κ3) is 3.18. The van der Waals surface area contributed by atoms with Crippen LogP contribution in [0.1, 0.15) is 16.1 Å². The second-order valence-corrected chi connectivity index (χ2v) is 3.61. The van der Waals surface area contributed by atoms with E-state index in [0.717, 1.165) is 5.56 Å². The third-order valence-electron chi connectivity index (χ3n) is 2.05. The first-order chi connectivity index (χ1) is 7.66. The fourth-order valence-electron chi connectivity index (χ4n) is 1.27. The molecule has 0 aliphatic rings. The number of hydrogen-bond donors (Lipinski definition) is 1. The highest BCUT2D eigenvalue weighted by Crippen LogP contribution is 2.15. The number of hydrogen-bond acceptors (Lipinski definition) is 3. The zero-order chi connectivity index (χ0) is 11.5. The van der Waals surface area contributed by atoms with E-state index in [0.29, 0.717) is 11.6 Å². The van der Waals surface area contributed by atoms with E-state index in [9.17, 15) is 4.79 Å². The first-order valence-electron chi connectivity index (χ1n) is 4.53. The summed E-state index contributed by atoms with van der Waals surface area (Å²) in [4.78, 5) is 10.6. The van der Waals surface area contributed by atoms with Crippen LogP contribution in [0.2, 0.25) is 5.02 Å². The number of carbonyl (C=O) groups is 1. The summed E-state index contributed by atoms with van der Waals surface area (Å²) >= 11 is 5.97. The summed E-state index contributed by atoms with van der Waals surface area (Å²) in [6.45, 7) is 0.403. The van der Waals surface area contributed by atoms with E-state index in [2.05, 4.69) is 10.3 Å². The largest absolute Gasteiger partial charge is 0.476 e. The molecule has 0 bridgehead atoms. The Kier molecular flexibility index (Phi) is 4.48. The molecule has 0 radical (unpaired) electrons. The van der Waals surface area contributed by atoms with Crippen LogP contribution in [-0.4, -0.2) is 26.1 Å². The molecule has 2 aromatic rings. The van der Waals surface area contributed by atoms with Crippen molar-refractivity contribution in [2.45, 2.75) is 6.54 Å². The van der Waals surface area contributed by atoms with Gasteiger partial charge in [0.05, 0.1) is 12.7 Å². The maximum atomic E-state index is 10.6. The Bertz CT molecular complexity index is 528. The highest BCUT2D eigenvalue weighted by atomic mass is 35.5. The minimum Gasteiger partial charge on any atom is -0.476 e. The van der Waals surface area contributed by atoms with Gasteiger partial charge in [-0.15, -0.1) is 17.5 Å². The average molecular weight is 274 g/mol. The summed E-state index contributed by atoms with van der Waals surface area (Å²) in [6.07, 6.45) is 1.37. The second-order valence-electron chi connectivity index (χ2n) is 3.20. The van der Waals surface area contributed by atoms with Crippen LogP contribution in [0.3, 0.4) is 0 Å². The first kappa shape index (κ1) is 13.5. The second kappa shape index (κ2) is 5.65. The lowest BCUT2D eigenvalue weighted by molar-refractivity contribution is 0.0690. The van der Waals surface area contributed by atoms with Crippen LogP contribution < -0.4 is 0 Å². The van der Waals surface area contributed by atoms with Crippen molar-refractivity contribution in [3.63, 3.8) is 0 Å². The van der Waals surface area contributed by atoms with E-state index >= 15 is 0 Å². The minimum absolute atomic E-state index is 0. The molecule has 0 spiro atoms. The highest BCUT2D eigenvalue weighted by molar-refractivity contribution is 6.31. The maximum absolute atomic E-state index is 10.6. The summed E-state index contributed by atoms with van der Waals surface area (Å²) in [5.74, 6) is -1.09. The molecular weight excluding hydrogens is 265 g/mol. The van der Waals surface area contributed by atoms with E-state index in [1.54, 1.807) is 6.07 Å². The molecule has 1 aromatic carbocycles. The lowest BCUT2D eigenvalue weighted by Gasteiger charge is -2.02. The average Bonchev–Trinajstić information content (AvgIpc) is 2.70. The standard InChI is InChI=1S/C10H8ClN3O2.ClH/c11-8-4-2-1-3-7(8)5-14-6-9(10(15)16)12-13-14;/h1-4,6H,5H2,(H,15,16);1H. The molecule has 0 fully saturated rings. The maximum Gasteiger partial charge on any atom is 0.358 e. The van der Waals surface area contributed by atoms with E-state index < -0.39 is 5.97 Å². The molecule has 2 rings (SSSR count). The smallest absolute Gasteiger partial charge is 0.358 e. The van der Waals surface area contributed by atoms with E-state index in [1.165, 1.54) is 10.9 Å². The number of carboxylic acids is 1. The summed E-state index contributed by atoms with van der Waals surface area (Å²) in [6, 6.07) is 7.31. The fraction of sp³-hybridized carbons (Fsp3) is 0.100. The quantitative estimate of drug-likeness (QED) is 0.930. The van der Waals surface area contributed by atoms with E-state index in [-0.39, 0.29) is 18.1 Å². The van der Waals surface area contributed by atoms with Gasteiger partial charge in [-0.3, -0.25) is 0 Å². The molecule has 0 aliphatic carbocycles. The molecule has 90 valence electrons. The van der Waals surface area contributed by atoms with Gasteiger partial charge in [0, 0.05) is 5.02 Å². The van der Waals surface area contributed by atoms with Crippen molar-refractivity contribution in [2.24, 2.45) is 0 Å². The van der Waals surface area contributed by atoms with Gasteiger partial charge in [-0.05, 0) is 11.6 Å². The van der Waals surface area contributed by atoms with Gasteiger partial charge < -0.3 is 5.11 Å². The van der Waals surface area contributed by atoms with Gasteiger partial charge in [0.15, 0.2) is 5.69 Å². The monoisotopic (exact) mass is 273 g/mol. The molecule has 1 N–H and O–H groups in total. The molecule has 17 heavy (non-hydrogen) atoms. The summed E-state index contributed by atoms with van der Waals surface area (Å²) in [5.41, 5.74) is 0.790. The molecular formula is C10H9Cl2N3O2. The summed E-state index contributed by atoms with van der Waals surface area (Å²) in [5, 5.41) is 16.5. The summed E-state index contributed by atoms with van der Waals surface area (Å²) in [7, 11) is 0. The molecule has 1 heterocycles. The lowest BCUT2D eigenvalue weighted by Crippen LogP contribution is -2.01. The molecule has 7 heteroatoms. The molecule has 0 saturated heterocycles. The molecule has 0 aliphatic heterocycles. The Balaban J connectivity index is 0.00000144. The molecule has 1 aromatic heterocycles. The zero-order valence-electron chi connectivity index (χ0n) is 8.58. The van der Waals surface area contributed by atoms with Gasteiger partial charge in [0.1, 0.15) is 0 Å². The van der Waals surface area contributed by atoms with Crippen LogP contribution in [0, 0.1) is 0 Å². The SMILES string of the molecule is Cl.O=C(O)c1cn(Cc2ccccc2Cl)nn1. The molecule has 0 atom stereocenters. The number of benzene rings is 1. The molecule has 5 nitrogen and oxygen atoms in total. The van der Waals surface area contributed by atoms with Crippen molar-refractivity contribution in [2.75, 3.05) is 0 Å². The van der Waals surface area contributed by atoms with Gasteiger partial charge in [-0.25, -0.2) is 9.48 Å². The predicted molar refractivity (Wildman–Crippen MR) is 64.8 cm³/mol. The van der Waals surface area contributed by atoms with Crippen LogP contribution in [0.4, 0.5) is 0 Å². The first-order valence-corrected chi connectivity index (χ1v) is 4.91. The Labute approximate surface area is 108 Å². The van der Waals surface area contributed by atoms with Gasteiger partial charge in [-0.1, -0.05) is 35.0 Å². The van der Waals surface area contributed by atoms with E-state index in [1.807, 2.05) is 18.2 Å². The van der Waals surface area contributed by atoms with Crippen LogP contribution in [-0.2, 0) is 6.54 Å². The Morgan fingerprint density at radius 1 is 1.41 bits per heavy atom. The van der Waals surface area contributed by atoms with Crippen LogP contribution >= 0.6 is 24.0 Å².